The summed E-state index contributed by atoms with van der Waals surface area (Å²) in [5, 5.41) is 11.8. The van der Waals surface area contributed by atoms with E-state index in [1.807, 2.05) is 23.7 Å². The number of benzene rings is 1. The van der Waals surface area contributed by atoms with Crippen molar-refractivity contribution in [1.29, 1.82) is 0 Å². The molecule has 1 aliphatic heterocycles. The monoisotopic (exact) mass is 288 g/mol. The maximum absolute atomic E-state index is 5.41. The van der Waals surface area contributed by atoms with Crippen molar-refractivity contribution in [2.24, 2.45) is 7.05 Å². The van der Waals surface area contributed by atoms with E-state index in [1.54, 1.807) is 0 Å². The number of ether oxygens (including phenoxy) is 2. The van der Waals surface area contributed by atoms with Gasteiger partial charge in [-0.15, -0.1) is 10.2 Å². The van der Waals surface area contributed by atoms with Gasteiger partial charge in [0.1, 0.15) is 11.6 Å². The number of rotatable bonds is 5. The van der Waals surface area contributed by atoms with E-state index in [4.69, 9.17) is 9.47 Å². The summed E-state index contributed by atoms with van der Waals surface area (Å²) < 4.78 is 12.8. The third-order valence-corrected chi connectivity index (χ3v) is 3.83. The summed E-state index contributed by atoms with van der Waals surface area (Å²) in [6, 6.07) is 6.22. The standard InChI is InChI=1S/C15H20N4O2/c1-4-14-17-18-15(19(14)3)8-16-10(2)11-5-6-12-13(7-11)21-9-20-12/h5-7,10,16H,4,8-9H2,1-3H3/t10-/m0/s1. The molecule has 0 unspecified atom stereocenters. The zero-order chi connectivity index (χ0) is 14.8. The van der Waals surface area contributed by atoms with Crippen LogP contribution in [0.4, 0.5) is 0 Å². The maximum Gasteiger partial charge on any atom is 0.231 e. The molecular weight excluding hydrogens is 268 g/mol. The summed E-state index contributed by atoms with van der Waals surface area (Å²) in [5.74, 6) is 3.57. The van der Waals surface area contributed by atoms with Gasteiger partial charge in [0.25, 0.3) is 0 Å². The molecule has 112 valence electrons. The number of aromatic nitrogens is 3. The minimum atomic E-state index is 0.196. The molecule has 0 saturated carbocycles. The predicted molar refractivity (Wildman–Crippen MR) is 78.2 cm³/mol. The first kappa shape index (κ1) is 13.9. The molecule has 0 saturated heterocycles. The van der Waals surface area contributed by atoms with Crippen LogP contribution in [0.15, 0.2) is 18.2 Å². The maximum atomic E-state index is 5.41. The van der Waals surface area contributed by atoms with Crippen LogP contribution in [0.2, 0.25) is 0 Å². The van der Waals surface area contributed by atoms with Crippen LogP contribution in [-0.4, -0.2) is 21.6 Å². The summed E-state index contributed by atoms with van der Waals surface area (Å²) in [4.78, 5) is 0. The van der Waals surface area contributed by atoms with E-state index in [1.165, 1.54) is 0 Å². The second-order valence-corrected chi connectivity index (χ2v) is 5.16. The molecule has 0 aliphatic carbocycles. The highest BCUT2D eigenvalue weighted by molar-refractivity contribution is 5.45. The van der Waals surface area contributed by atoms with Crippen LogP contribution in [0.5, 0.6) is 11.5 Å². The Labute approximate surface area is 124 Å². The van der Waals surface area contributed by atoms with Crippen LogP contribution >= 0.6 is 0 Å². The summed E-state index contributed by atoms with van der Waals surface area (Å²) in [6.07, 6.45) is 0.890. The van der Waals surface area contributed by atoms with Crippen LogP contribution in [-0.2, 0) is 20.0 Å². The highest BCUT2D eigenvalue weighted by Crippen LogP contribution is 2.34. The van der Waals surface area contributed by atoms with Crippen molar-refractivity contribution >= 4 is 0 Å². The average molecular weight is 288 g/mol. The molecule has 1 N–H and O–H groups in total. The molecule has 6 nitrogen and oxygen atoms in total. The number of aryl methyl sites for hydroxylation is 1. The minimum absolute atomic E-state index is 0.196. The fourth-order valence-corrected chi connectivity index (χ4v) is 2.41. The second kappa shape index (κ2) is 5.73. The fraction of sp³-hybridized carbons (Fsp3) is 0.467. The molecule has 1 aliphatic rings. The van der Waals surface area contributed by atoms with Crippen molar-refractivity contribution in [2.45, 2.75) is 32.9 Å². The van der Waals surface area contributed by atoms with E-state index >= 15 is 0 Å². The quantitative estimate of drug-likeness (QED) is 0.911. The van der Waals surface area contributed by atoms with Crippen LogP contribution in [0.1, 0.15) is 37.1 Å². The Hall–Kier alpha value is -2.08. The molecule has 6 heteroatoms. The average Bonchev–Trinajstić information content (AvgIpc) is 3.10. The van der Waals surface area contributed by atoms with Crippen molar-refractivity contribution in [1.82, 2.24) is 20.1 Å². The molecule has 1 atom stereocenters. The Balaban J connectivity index is 1.66. The second-order valence-electron chi connectivity index (χ2n) is 5.16. The lowest BCUT2D eigenvalue weighted by atomic mass is 10.1. The number of fused-ring (bicyclic) bond motifs is 1. The Bertz CT molecular complexity index is 639. The van der Waals surface area contributed by atoms with E-state index in [2.05, 4.69) is 35.4 Å². The van der Waals surface area contributed by atoms with E-state index in [0.717, 1.165) is 35.1 Å². The lowest BCUT2D eigenvalue weighted by molar-refractivity contribution is 0.174. The minimum Gasteiger partial charge on any atom is -0.454 e. The first-order valence-electron chi connectivity index (χ1n) is 7.19. The molecule has 0 bridgehead atoms. The molecule has 2 aromatic rings. The van der Waals surface area contributed by atoms with Gasteiger partial charge in [-0.3, -0.25) is 0 Å². The molecule has 2 heterocycles. The molecular formula is C15H20N4O2. The van der Waals surface area contributed by atoms with Gasteiger partial charge in [-0.2, -0.15) is 0 Å². The van der Waals surface area contributed by atoms with E-state index in [-0.39, 0.29) is 6.04 Å². The zero-order valence-electron chi connectivity index (χ0n) is 12.6. The van der Waals surface area contributed by atoms with Crippen LogP contribution in [0, 0.1) is 0 Å². The topological polar surface area (TPSA) is 61.2 Å². The van der Waals surface area contributed by atoms with Crippen molar-refractivity contribution in [2.75, 3.05) is 6.79 Å². The number of hydrogen-bond acceptors (Lipinski definition) is 5. The van der Waals surface area contributed by atoms with Gasteiger partial charge in [-0.25, -0.2) is 0 Å². The lowest BCUT2D eigenvalue weighted by Crippen LogP contribution is -2.20. The highest BCUT2D eigenvalue weighted by Gasteiger charge is 2.16. The van der Waals surface area contributed by atoms with Gasteiger partial charge in [0, 0.05) is 19.5 Å². The molecule has 1 aromatic heterocycles. The third kappa shape index (κ3) is 2.71. The van der Waals surface area contributed by atoms with Gasteiger partial charge in [0.05, 0.1) is 6.54 Å². The first-order valence-corrected chi connectivity index (χ1v) is 7.19. The van der Waals surface area contributed by atoms with E-state index < -0.39 is 0 Å². The number of nitrogens with zero attached hydrogens (tertiary/aromatic N) is 3. The zero-order valence-corrected chi connectivity index (χ0v) is 12.6. The molecule has 0 amide bonds. The predicted octanol–water partition coefficient (Wildman–Crippen LogP) is 1.96. The summed E-state index contributed by atoms with van der Waals surface area (Å²) in [7, 11) is 2.00. The Kier molecular flexibility index (Phi) is 3.79. The Morgan fingerprint density at radius 2 is 2.00 bits per heavy atom. The van der Waals surface area contributed by atoms with Gasteiger partial charge in [-0.05, 0) is 24.6 Å². The van der Waals surface area contributed by atoms with E-state index in [9.17, 15) is 0 Å². The third-order valence-electron chi connectivity index (χ3n) is 3.83. The number of nitrogens with one attached hydrogen (secondary N) is 1. The van der Waals surface area contributed by atoms with Crippen molar-refractivity contribution < 1.29 is 9.47 Å². The molecule has 3 rings (SSSR count). The van der Waals surface area contributed by atoms with E-state index in [0.29, 0.717) is 13.3 Å². The fourth-order valence-electron chi connectivity index (χ4n) is 2.41. The Morgan fingerprint density at radius 3 is 2.76 bits per heavy atom. The molecule has 21 heavy (non-hydrogen) atoms. The molecule has 0 radical (unpaired) electrons. The van der Waals surface area contributed by atoms with Crippen molar-refractivity contribution in [3.8, 4) is 11.5 Å². The van der Waals surface area contributed by atoms with Crippen molar-refractivity contribution in [3.05, 3.63) is 35.4 Å². The van der Waals surface area contributed by atoms with Gasteiger partial charge in [0.15, 0.2) is 11.5 Å². The highest BCUT2D eigenvalue weighted by atomic mass is 16.7. The largest absolute Gasteiger partial charge is 0.454 e. The Morgan fingerprint density at radius 1 is 1.24 bits per heavy atom. The number of hydrogen-bond donors (Lipinski definition) is 1. The van der Waals surface area contributed by atoms with Crippen LogP contribution < -0.4 is 14.8 Å². The normalized spacial score (nSPS) is 14.4. The van der Waals surface area contributed by atoms with Crippen LogP contribution in [0.3, 0.4) is 0 Å². The van der Waals surface area contributed by atoms with Gasteiger partial charge in [-0.1, -0.05) is 13.0 Å². The summed E-state index contributed by atoms with van der Waals surface area (Å²) in [5.41, 5.74) is 1.16. The van der Waals surface area contributed by atoms with Gasteiger partial charge in [0.2, 0.25) is 6.79 Å². The molecule has 0 fully saturated rings. The SMILES string of the molecule is CCc1nnc(CN[C@@H](C)c2ccc3c(c2)OCO3)n1C. The van der Waals surface area contributed by atoms with Gasteiger partial charge < -0.3 is 19.4 Å². The lowest BCUT2D eigenvalue weighted by Gasteiger charge is -2.14. The summed E-state index contributed by atoms with van der Waals surface area (Å²) in [6.45, 7) is 5.18. The summed E-state index contributed by atoms with van der Waals surface area (Å²) >= 11 is 0. The first-order chi connectivity index (χ1) is 10.2. The van der Waals surface area contributed by atoms with Gasteiger partial charge >= 0.3 is 0 Å². The van der Waals surface area contributed by atoms with Crippen LogP contribution in [0.25, 0.3) is 0 Å². The molecule has 1 aromatic carbocycles. The molecule has 0 spiro atoms. The van der Waals surface area contributed by atoms with Crippen molar-refractivity contribution in [3.63, 3.8) is 0 Å². The smallest absolute Gasteiger partial charge is 0.231 e.